The van der Waals surface area contributed by atoms with Crippen molar-refractivity contribution in [3.8, 4) is 0 Å². The summed E-state index contributed by atoms with van der Waals surface area (Å²) in [5.41, 5.74) is 7.21. The van der Waals surface area contributed by atoms with Gasteiger partial charge in [-0.15, -0.1) is 0 Å². The SMILES string of the molecule is CCc1noc(C)c1C(=O)NNC(=O)c1ccc(C)cc1. The van der Waals surface area contributed by atoms with Crippen molar-refractivity contribution < 1.29 is 14.1 Å². The minimum atomic E-state index is -0.439. The lowest BCUT2D eigenvalue weighted by atomic mass is 10.1. The second kappa shape index (κ2) is 6.21. The van der Waals surface area contributed by atoms with Crippen molar-refractivity contribution in [3.63, 3.8) is 0 Å². The summed E-state index contributed by atoms with van der Waals surface area (Å²) in [6, 6.07) is 7.05. The van der Waals surface area contributed by atoms with Crippen LogP contribution in [0.2, 0.25) is 0 Å². The molecule has 0 saturated carbocycles. The van der Waals surface area contributed by atoms with Gasteiger partial charge in [0.2, 0.25) is 0 Å². The van der Waals surface area contributed by atoms with Gasteiger partial charge in [-0.25, -0.2) is 0 Å². The van der Waals surface area contributed by atoms with Crippen molar-refractivity contribution in [2.45, 2.75) is 27.2 Å². The molecule has 0 saturated heterocycles. The number of rotatable bonds is 3. The molecule has 2 aromatic rings. The number of carbonyl (C=O) groups is 2. The molecule has 21 heavy (non-hydrogen) atoms. The van der Waals surface area contributed by atoms with Crippen LogP contribution in [0.1, 0.15) is 44.7 Å². The number of nitrogens with zero attached hydrogens (tertiary/aromatic N) is 1. The summed E-state index contributed by atoms with van der Waals surface area (Å²) in [7, 11) is 0. The van der Waals surface area contributed by atoms with Gasteiger partial charge in [-0.1, -0.05) is 29.8 Å². The number of hydrogen-bond acceptors (Lipinski definition) is 4. The zero-order valence-corrected chi connectivity index (χ0v) is 12.2. The maximum atomic E-state index is 12.1. The van der Waals surface area contributed by atoms with Crippen LogP contribution in [-0.2, 0) is 6.42 Å². The van der Waals surface area contributed by atoms with Crippen molar-refractivity contribution in [1.29, 1.82) is 0 Å². The van der Waals surface area contributed by atoms with E-state index < -0.39 is 5.91 Å². The molecule has 1 aromatic heterocycles. The third-order valence-corrected chi connectivity index (χ3v) is 3.10. The van der Waals surface area contributed by atoms with Crippen LogP contribution in [0.4, 0.5) is 0 Å². The third kappa shape index (κ3) is 3.28. The van der Waals surface area contributed by atoms with Crippen LogP contribution >= 0.6 is 0 Å². The molecule has 0 spiro atoms. The van der Waals surface area contributed by atoms with E-state index in [1.165, 1.54) is 0 Å². The summed E-state index contributed by atoms with van der Waals surface area (Å²) in [6.07, 6.45) is 0.575. The Morgan fingerprint density at radius 3 is 2.33 bits per heavy atom. The van der Waals surface area contributed by atoms with Crippen LogP contribution in [0.25, 0.3) is 0 Å². The van der Waals surface area contributed by atoms with E-state index in [0.29, 0.717) is 29.0 Å². The van der Waals surface area contributed by atoms with Crippen molar-refractivity contribution >= 4 is 11.8 Å². The van der Waals surface area contributed by atoms with E-state index in [-0.39, 0.29) is 5.91 Å². The molecule has 2 N–H and O–H groups in total. The maximum Gasteiger partial charge on any atom is 0.275 e. The minimum Gasteiger partial charge on any atom is -0.361 e. The van der Waals surface area contributed by atoms with E-state index in [9.17, 15) is 9.59 Å². The highest BCUT2D eigenvalue weighted by atomic mass is 16.5. The largest absolute Gasteiger partial charge is 0.361 e. The minimum absolute atomic E-state index is 0.363. The molecular formula is C15H17N3O3. The topological polar surface area (TPSA) is 84.2 Å². The fraction of sp³-hybridized carbons (Fsp3) is 0.267. The van der Waals surface area contributed by atoms with E-state index in [1.54, 1.807) is 19.1 Å². The van der Waals surface area contributed by atoms with E-state index in [1.807, 2.05) is 26.0 Å². The highest BCUT2D eigenvalue weighted by molar-refractivity contribution is 6.00. The lowest BCUT2D eigenvalue weighted by Crippen LogP contribution is -2.42. The molecule has 0 radical (unpaired) electrons. The standard InChI is InChI=1S/C15H17N3O3/c1-4-12-13(10(3)21-18-12)15(20)17-16-14(19)11-7-5-9(2)6-8-11/h5-8H,4H2,1-3H3,(H,16,19)(H,17,20). The van der Waals surface area contributed by atoms with Crippen LogP contribution in [0, 0.1) is 13.8 Å². The number of aromatic nitrogens is 1. The van der Waals surface area contributed by atoms with Gasteiger partial charge in [0.25, 0.3) is 11.8 Å². The first-order chi connectivity index (χ1) is 10.0. The molecule has 1 aromatic carbocycles. The van der Waals surface area contributed by atoms with Crippen LogP contribution < -0.4 is 10.9 Å². The Morgan fingerprint density at radius 1 is 1.10 bits per heavy atom. The first kappa shape index (κ1) is 14.8. The van der Waals surface area contributed by atoms with Gasteiger partial charge < -0.3 is 4.52 Å². The van der Waals surface area contributed by atoms with Crippen LogP contribution in [0.3, 0.4) is 0 Å². The summed E-state index contributed by atoms with van der Waals surface area (Å²) in [4.78, 5) is 24.0. The van der Waals surface area contributed by atoms with Crippen LogP contribution in [0.5, 0.6) is 0 Å². The van der Waals surface area contributed by atoms with E-state index >= 15 is 0 Å². The quantitative estimate of drug-likeness (QED) is 0.845. The molecule has 0 aliphatic rings. The molecule has 0 aliphatic carbocycles. The van der Waals surface area contributed by atoms with E-state index in [0.717, 1.165) is 5.56 Å². The summed E-state index contributed by atoms with van der Waals surface area (Å²) in [5.74, 6) is -0.393. The molecule has 0 fully saturated rings. The van der Waals surface area contributed by atoms with Crippen LogP contribution in [-0.4, -0.2) is 17.0 Å². The zero-order chi connectivity index (χ0) is 15.4. The summed E-state index contributed by atoms with van der Waals surface area (Å²) < 4.78 is 4.99. The monoisotopic (exact) mass is 287 g/mol. The highest BCUT2D eigenvalue weighted by Crippen LogP contribution is 2.13. The normalized spacial score (nSPS) is 10.2. The Bertz CT molecular complexity index is 659. The number of amides is 2. The van der Waals surface area contributed by atoms with Gasteiger partial charge in [0.1, 0.15) is 11.3 Å². The molecule has 6 nitrogen and oxygen atoms in total. The van der Waals surface area contributed by atoms with Crippen molar-refractivity contribution in [3.05, 3.63) is 52.4 Å². The Balaban J connectivity index is 2.02. The van der Waals surface area contributed by atoms with Gasteiger partial charge in [0, 0.05) is 5.56 Å². The molecule has 2 rings (SSSR count). The number of hydrazine groups is 1. The second-order valence-electron chi connectivity index (χ2n) is 4.69. The maximum absolute atomic E-state index is 12.1. The Morgan fingerprint density at radius 2 is 1.71 bits per heavy atom. The van der Waals surface area contributed by atoms with Crippen molar-refractivity contribution in [2.75, 3.05) is 0 Å². The predicted octanol–water partition coefficient (Wildman–Crippen LogP) is 1.93. The fourth-order valence-corrected chi connectivity index (χ4v) is 1.90. The Labute approximate surface area is 122 Å². The van der Waals surface area contributed by atoms with E-state index in [4.69, 9.17) is 4.52 Å². The Hall–Kier alpha value is -2.63. The lowest BCUT2D eigenvalue weighted by Gasteiger charge is -2.07. The van der Waals surface area contributed by atoms with Crippen molar-refractivity contribution in [2.24, 2.45) is 0 Å². The van der Waals surface area contributed by atoms with Gasteiger partial charge in [0.15, 0.2) is 0 Å². The fourth-order valence-electron chi connectivity index (χ4n) is 1.90. The molecule has 0 atom stereocenters. The number of aryl methyl sites for hydroxylation is 3. The van der Waals surface area contributed by atoms with Gasteiger partial charge in [-0.3, -0.25) is 20.4 Å². The van der Waals surface area contributed by atoms with Gasteiger partial charge >= 0.3 is 0 Å². The number of hydrogen-bond donors (Lipinski definition) is 2. The van der Waals surface area contributed by atoms with Crippen molar-refractivity contribution in [1.82, 2.24) is 16.0 Å². The smallest absolute Gasteiger partial charge is 0.275 e. The molecular weight excluding hydrogens is 270 g/mol. The summed E-state index contributed by atoms with van der Waals surface area (Å²) in [6.45, 7) is 5.46. The molecule has 0 bridgehead atoms. The first-order valence-corrected chi connectivity index (χ1v) is 6.65. The summed E-state index contributed by atoms with van der Waals surface area (Å²) >= 11 is 0. The molecule has 6 heteroatoms. The molecule has 0 unspecified atom stereocenters. The van der Waals surface area contributed by atoms with Gasteiger partial charge in [-0.2, -0.15) is 0 Å². The number of carbonyl (C=O) groups excluding carboxylic acids is 2. The van der Waals surface area contributed by atoms with E-state index in [2.05, 4.69) is 16.0 Å². The third-order valence-electron chi connectivity index (χ3n) is 3.10. The first-order valence-electron chi connectivity index (χ1n) is 6.65. The lowest BCUT2D eigenvalue weighted by molar-refractivity contribution is 0.0845. The predicted molar refractivity (Wildman–Crippen MR) is 76.7 cm³/mol. The van der Waals surface area contributed by atoms with Crippen LogP contribution in [0.15, 0.2) is 28.8 Å². The number of benzene rings is 1. The average Bonchev–Trinajstić information content (AvgIpc) is 2.86. The molecule has 1 heterocycles. The highest BCUT2D eigenvalue weighted by Gasteiger charge is 2.19. The second-order valence-corrected chi connectivity index (χ2v) is 4.69. The zero-order valence-electron chi connectivity index (χ0n) is 12.2. The molecule has 2 amide bonds. The molecule has 0 aliphatic heterocycles. The van der Waals surface area contributed by atoms with Gasteiger partial charge in [-0.05, 0) is 32.4 Å². The number of nitrogens with one attached hydrogen (secondary N) is 2. The average molecular weight is 287 g/mol. The Kier molecular flexibility index (Phi) is 4.37. The van der Waals surface area contributed by atoms with Gasteiger partial charge in [0.05, 0.1) is 5.69 Å². The summed E-state index contributed by atoms with van der Waals surface area (Å²) in [5, 5.41) is 3.80. The molecule has 110 valence electrons.